The number of nitrogens with zero attached hydrogens (tertiary/aromatic N) is 1. The first-order chi connectivity index (χ1) is 8.78. The van der Waals surface area contributed by atoms with Crippen molar-refractivity contribution in [2.75, 3.05) is 7.11 Å². The summed E-state index contributed by atoms with van der Waals surface area (Å²) in [6.07, 6.45) is 4.09. The summed E-state index contributed by atoms with van der Waals surface area (Å²) >= 11 is 0. The molecule has 2 rings (SSSR count). The van der Waals surface area contributed by atoms with Crippen molar-refractivity contribution in [1.29, 1.82) is 0 Å². The number of hydrogen-bond donors (Lipinski definition) is 1. The van der Waals surface area contributed by atoms with E-state index in [0.29, 0.717) is 11.4 Å². The highest BCUT2D eigenvalue weighted by molar-refractivity contribution is 5.66. The number of methoxy groups -OCH3 is 1. The molecule has 0 spiro atoms. The van der Waals surface area contributed by atoms with E-state index < -0.39 is 0 Å². The first-order valence-corrected chi connectivity index (χ1v) is 5.84. The van der Waals surface area contributed by atoms with E-state index in [2.05, 4.69) is 17.7 Å². The summed E-state index contributed by atoms with van der Waals surface area (Å²) in [7, 11) is 1.55. The lowest BCUT2D eigenvalue weighted by atomic mass is 10.1. The molecule has 0 aliphatic carbocycles. The number of nitrogens with one attached hydrogen (secondary N) is 1. The number of ether oxygens (including phenoxy) is 1. The number of nitroso groups, excluding NO2 is 1. The zero-order valence-corrected chi connectivity index (χ0v) is 10.5. The number of aromatic nitrogens is 1. The molecule has 4 heteroatoms. The minimum absolute atomic E-state index is 0.445. The number of rotatable bonds is 4. The molecule has 92 valence electrons. The van der Waals surface area contributed by atoms with Crippen LogP contribution < -0.4 is 14.5 Å². The molecule has 18 heavy (non-hydrogen) atoms. The molecule has 0 saturated heterocycles. The third-order valence-corrected chi connectivity index (χ3v) is 2.87. The molecule has 1 heterocycles. The maximum absolute atomic E-state index is 10.7. The minimum Gasteiger partial charge on any atom is -0.490 e. The third kappa shape index (κ3) is 2.37. The average Bonchev–Trinajstić information content (AvgIpc) is 2.46. The van der Waals surface area contributed by atoms with E-state index in [9.17, 15) is 4.91 Å². The lowest BCUT2D eigenvalue weighted by Gasteiger charge is -2.03. The normalized spacial score (nSPS) is 10.1. The van der Waals surface area contributed by atoms with Gasteiger partial charge in [0.2, 0.25) is 0 Å². The van der Waals surface area contributed by atoms with Gasteiger partial charge in [0, 0.05) is 27.8 Å². The van der Waals surface area contributed by atoms with E-state index in [-0.39, 0.29) is 0 Å². The summed E-state index contributed by atoms with van der Waals surface area (Å²) < 4.78 is 7.28. The molecular formula is C14H16N2O2+2. The van der Waals surface area contributed by atoms with Crippen LogP contribution in [0.4, 0.5) is 5.69 Å². The van der Waals surface area contributed by atoms with Gasteiger partial charge in [-0.05, 0) is 30.7 Å². The maximum Gasteiger partial charge on any atom is 0.294 e. The number of aryl methyl sites for hydroxylation is 1. The highest BCUT2D eigenvalue weighted by Crippen LogP contribution is 2.27. The third-order valence-electron chi connectivity index (χ3n) is 2.87. The number of pyridine rings is 1. The summed E-state index contributed by atoms with van der Waals surface area (Å²) in [6, 6.07) is 9.52. The Bertz CT molecular complexity index is 567. The van der Waals surface area contributed by atoms with Crippen LogP contribution in [0.1, 0.15) is 6.92 Å². The predicted molar refractivity (Wildman–Crippen MR) is 68.3 cm³/mol. The van der Waals surface area contributed by atoms with Crippen LogP contribution in [0, 0.1) is 4.91 Å². The zero-order chi connectivity index (χ0) is 13.0. The van der Waals surface area contributed by atoms with Crippen molar-refractivity contribution in [1.82, 2.24) is 0 Å². The van der Waals surface area contributed by atoms with Crippen LogP contribution in [0.5, 0.6) is 5.75 Å². The lowest BCUT2D eigenvalue weighted by molar-refractivity contribution is -0.693. The van der Waals surface area contributed by atoms with Crippen LogP contribution in [0.25, 0.3) is 11.1 Å². The molecule has 1 aromatic carbocycles. The molecule has 1 aromatic heterocycles. The second kappa shape index (κ2) is 5.40. The van der Waals surface area contributed by atoms with Crippen molar-refractivity contribution in [2.45, 2.75) is 13.5 Å². The Morgan fingerprint density at radius 3 is 2.78 bits per heavy atom. The Labute approximate surface area is 106 Å². The Kier molecular flexibility index (Phi) is 3.67. The van der Waals surface area contributed by atoms with Crippen LogP contribution in [0.15, 0.2) is 42.7 Å². The van der Waals surface area contributed by atoms with Gasteiger partial charge < -0.3 is 4.74 Å². The molecule has 2 aromatic rings. The van der Waals surface area contributed by atoms with Gasteiger partial charge in [0.25, 0.3) is 5.69 Å². The molecule has 0 saturated carbocycles. The molecular weight excluding hydrogens is 228 g/mol. The van der Waals surface area contributed by atoms with E-state index in [4.69, 9.17) is 4.74 Å². The highest BCUT2D eigenvalue weighted by Gasteiger charge is 2.12. The lowest BCUT2D eigenvalue weighted by Crippen LogP contribution is -2.55. The Balaban J connectivity index is 2.47. The quantitative estimate of drug-likeness (QED) is 0.820. The van der Waals surface area contributed by atoms with Crippen LogP contribution in [0.3, 0.4) is 0 Å². The predicted octanol–water partition coefficient (Wildman–Crippen LogP) is 1.15. The van der Waals surface area contributed by atoms with Gasteiger partial charge in [0.1, 0.15) is 6.54 Å². The SMILES string of the molecule is CC[n+]1cccc(-c2ccc([NH+]=O)c(OC)c2)c1. The number of benzene rings is 1. The van der Waals surface area contributed by atoms with Crippen molar-refractivity contribution >= 4 is 5.69 Å². The van der Waals surface area contributed by atoms with Gasteiger partial charge in [-0.25, -0.2) is 4.57 Å². The molecule has 1 N–H and O–H groups in total. The fraction of sp³-hybridized carbons (Fsp3) is 0.214. The van der Waals surface area contributed by atoms with E-state index >= 15 is 0 Å². The van der Waals surface area contributed by atoms with Gasteiger partial charge in [0.15, 0.2) is 18.1 Å². The van der Waals surface area contributed by atoms with Gasteiger partial charge in [-0.15, -0.1) is 0 Å². The second-order valence-corrected chi connectivity index (χ2v) is 3.94. The fourth-order valence-electron chi connectivity index (χ4n) is 1.84. The highest BCUT2D eigenvalue weighted by atomic mass is 16.5. The fourth-order valence-corrected chi connectivity index (χ4v) is 1.84. The van der Waals surface area contributed by atoms with Gasteiger partial charge in [-0.2, -0.15) is 0 Å². The standard InChI is InChI=1S/C14H15N2O2/c1-3-16-8-4-5-12(10-16)11-6-7-13(15-17)14(9-11)18-2/h4-10H,3H2,1-2H3/q+1/p+1. The molecule has 0 bridgehead atoms. The van der Waals surface area contributed by atoms with Crippen LogP contribution in [-0.2, 0) is 6.54 Å². The first kappa shape index (κ1) is 12.2. The number of hydrogen-bond acceptors (Lipinski definition) is 2. The first-order valence-electron chi connectivity index (χ1n) is 5.84. The second-order valence-electron chi connectivity index (χ2n) is 3.94. The molecule has 0 unspecified atom stereocenters. The molecule has 0 fully saturated rings. The summed E-state index contributed by atoms with van der Waals surface area (Å²) in [5.74, 6) is 0.550. The van der Waals surface area contributed by atoms with Gasteiger partial charge in [-0.1, -0.05) is 0 Å². The van der Waals surface area contributed by atoms with Crippen LogP contribution in [-0.4, -0.2) is 7.11 Å². The maximum atomic E-state index is 10.7. The summed E-state index contributed by atoms with van der Waals surface area (Å²) in [5, 5.41) is 1.87. The summed E-state index contributed by atoms with van der Waals surface area (Å²) in [5.41, 5.74) is 2.56. The van der Waals surface area contributed by atoms with Crippen molar-refractivity contribution < 1.29 is 14.5 Å². The molecule has 0 amide bonds. The van der Waals surface area contributed by atoms with Gasteiger partial charge >= 0.3 is 0 Å². The average molecular weight is 244 g/mol. The van der Waals surface area contributed by atoms with E-state index in [1.807, 2.05) is 35.6 Å². The van der Waals surface area contributed by atoms with Gasteiger partial charge in [0.05, 0.1) is 7.11 Å². The molecule has 0 atom stereocenters. The molecule has 0 aliphatic heterocycles. The smallest absolute Gasteiger partial charge is 0.294 e. The molecule has 4 nitrogen and oxygen atoms in total. The van der Waals surface area contributed by atoms with Crippen LogP contribution in [0.2, 0.25) is 0 Å². The monoisotopic (exact) mass is 244 g/mol. The molecule has 0 radical (unpaired) electrons. The Morgan fingerprint density at radius 2 is 2.11 bits per heavy atom. The molecule has 0 aliphatic rings. The summed E-state index contributed by atoms with van der Waals surface area (Å²) in [4.78, 5) is 10.7. The van der Waals surface area contributed by atoms with Gasteiger partial charge in [-0.3, -0.25) is 0 Å². The topological polar surface area (TPSA) is 44.2 Å². The zero-order valence-electron chi connectivity index (χ0n) is 10.5. The van der Waals surface area contributed by atoms with Crippen molar-refractivity contribution in [3.63, 3.8) is 0 Å². The summed E-state index contributed by atoms with van der Waals surface area (Å²) in [6.45, 7) is 3.01. The van der Waals surface area contributed by atoms with Crippen molar-refractivity contribution in [3.8, 4) is 16.9 Å². The van der Waals surface area contributed by atoms with E-state index in [1.165, 1.54) is 0 Å². The largest absolute Gasteiger partial charge is 0.490 e. The van der Waals surface area contributed by atoms with Crippen molar-refractivity contribution in [3.05, 3.63) is 47.6 Å². The van der Waals surface area contributed by atoms with Crippen molar-refractivity contribution in [2.24, 2.45) is 0 Å². The minimum atomic E-state index is 0.445. The Morgan fingerprint density at radius 1 is 1.28 bits per heavy atom. The Hall–Kier alpha value is -2.23. The van der Waals surface area contributed by atoms with E-state index in [1.54, 1.807) is 13.2 Å². The van der Waals surface area contributed by atoms with Crippen LogP contribution >= 0.6 is 0 Å². The van der Waals surface area contributed by atoms with E-state index in [0.717, 1.165) is 17.7 Å².